The number of ether oxygens (including phenoxy) is 1. The summed E-state index contributed by atoms with van der Waals surface area (Å²) in [5.41, 5.74) is 2.87. The Hall–Kier alpha value is -0.470. The average Bonchev–Trinajstić information content (AvgIpc) is 2.70. The molecule has 1 saturated heterocycles. The third kappa shape index (κ3) is 4.76. The van der Waals surface area contributed by atoms with Crippen LogP contribution in [0.3, 0.4) is 0 Å². The third-order valence-electron chi connectivity index (χ3n) is 2.67. The van der Waals surface area contributed by atoms with E-state index in [-0.39, 0.29) is 3.57 Å². The lowest BCUT2D eigenvalue weighted by Gasteiger charge is -2.15. The average molecular weight is 453 g/mol. The molecule has 0 bridgehead atoms. The summed E-state index contributed by atoms with van der Waals surface area (Å²) >= 11 is 1.69. The Bertz CT molecular complexity index is 609. The number of halogens is 2. The van der Waals surface area contributed by atoms with Gasteiger partial charge in [0.25, 0.3) is 5.56 Å². The molecular formula is C9H14FIN3O7P. The molecule has 0 aliphatic carbocycles. The summed E-state index contributed by atoms with van der Waals surface area (Å²) in [7, 11) is -2.12. The molecule has 2 rings (SSSR count). The topological polar surface area (TPSA) is 171 Å². The van der Waals surface area contributed by atoms with E-state index in [1.54, 1.807) is 22.6 Å². The Morgan fingerprint density at radius 1 is 1.50 bits per heavy atom. The fourth-order valence-electron chi connectivity index (χ4n) is 1.73. The number of hydrogen-bond acceptors (Lipinski definition) is 8. The van der Waals surface area contributed by atoms with E-state index in [2.05, 4.69) is 5.50 Å². The summed E-state index contributed by atoms with van der Waals surface area (Å²) in [6.45, 7) is -0.562. The van der Waals surface area contributed by atoms with Crippen LogP contribution in [0.5, 0.6) is 0 Å². The molecule has 0 radical (unpaired) electrons. The zero-order valence-electron chi connectivity index (χ0n) is 10.8. The van der Waals surface area contributed by atoms with Gasteiger partial charge in [0, 0.05) is 6.20 Å². The van der Waals surface area contributed by atoms with Gasteiger partial charge in [0.15, 0.2) is 12.4 Å². The monoisotopic (exact) mass is 453 g/mol. The fraction of sp³-hybridized carbons (Fsp3) is 0.556. The van der Waals surface area contributed by atoms with Gasteiger partial charge in [-0.2, -0.15) is 0 Å². The van der Waals surface area contributed by atoms with E-state index in [4.69, 9.17) is 19.6 Å². The standard InChI is InChI=1S/C9H10FIN2O5.H4NO2P/c10-5-6(15)4(2-14)18-8(5)13-1-3(11)7(16)12-9(13)17;1-4(2)3/h1,4-6,8,14-15H,2H2,(H,12,16,17);2-3H,1H2/t4-,5?,6-,8-;/m1./s1. The molecule has 0 spiro atoms. The van der Waals surface area contributed by atoms with Gasteiger partial charge in [-0.1, -0.05) is 0 Å². The van der Waals surface area contributed by atoms with E-state index >= 15 is 0 Å². The second kappa shape index (κ2) is 8.40. The molecule has 1 aromatic heterocycles. The summed E-state index contributed by atoms with van der Waals surface area (Å²) in [5.74, 6) is 0. The highest BCUT2D eigenvalue weighted by atomic mass is 127. The molecule has 13 heteroatoms. The Balaban J connectivity index is 0.000000541. The van der Waals surface area contributed by atoms with E-state index in [0.29, 0.717) is 0 Å². The fourth-order valence-corrected chi connectivity index (χ4v) is 2.16. The number of alkyl halides is 1. The van der Waals surface area contributed by atoms with Crippen molar-refractivity contribution in [1.29, 1.82) is 0 Å². The predicted octanol–water partition coefficient (Wildman–Crippen LogP) is -2.11. The van der Waals surface area contributed by atoms with Crippen LogP contribution >= 0.6 is 31.1 Å². The van der Waals surface area contributed by atoms with Crippen molar-refractivity contribution < 1.29 is 29.1 Å². The molecule has 2 heterocycles. The minimum absolute atomic E-state index is 0.185. The van der Waals surface area contributed by atoms with E-state index in [0.717, 1.165) is 10.8 Å². The summed E-state index contributed by atoms with van der Waals surface area (Å²) in [6.07, 6.45) is -4.69. The lowest BCUT2D eigenvalue weighted by atomic mass is 10.1. The van der Waals surface area contributed by atoms with Crippen molar-refractivity contribution in [3.63, 3.8) is 0 Å². The van der Waals surface area contributed by atoms with Crippen molar-refractivity contribution in [2.24, 2.45) is 5.50 Å². The maximum absolute atomic E-state index is 13.8. The van der Waals surface area contributed by atoms with Gasteiger partial charge in [-0.15, -0.1) is 0 Å². The number of aliphatic hydroxyl groups is 2. The van der Waals surface area contributed by atoms with E-state index in [9.17, 15) is 19.1 Å². The largest absolute Gasteiger partial charge is 0.394 e. The number of nitrogens with two attached hydrogens (primary N) is 1. The third-order valence-corrected chi connectivity index (χ3v) is 3.44. The molecule has 1 unspecified atom stereocenters. The maximum Gasteiger partial charge on any atom is 0.330 e. The van der Waals surface area contributed by atoms with E-state index in [1.807, 2.05) is 4.98 Å². The Kier molecular flexibility index (Phi) is 7.48. The van der Waals surface area contributed by atoms with Gasteiger partial charge in [-0.05, 0) is 22.6 Å². The Morgan fingerprint density at radius 3 is 2.50 bits per heavy atom. The number of rotatable bonds is 2. The highest BCUT2D eigenvalue weighted by Crippen LogP contribution is 2.30. The SMILES string of the molecule is NP(O)O.O=c1[nH]c(=O)n([C@@H]2O[C@H](CO)[C@@H](O)C2F)cc1I. The van der Waals surface area contributed by atoms with Gasteiger partial charge in [-0.25, -0.2) is 9.18 Å². The predicted molar refractivity (Wildman–Crippen MR) is 81.5 cm³/mol. The summed E-state index contributed by atoms with van der Waals surface area (Å²) in [4.78, 5) is 39.6. The molecule has 1 aromatic rings. The van der Waals surface area contributed by atoms with Crippen LogP contribution in [0.1, 0.15) is 6.23 Å². The minimum Gasteiger partial charge on any atom is -0.394 e. The molecule has 22 heavy (non-hydrogen) atoms. The smallest absolute Gasteiger partial charge is 0.330 e. The summed E-state index contributed by atoms with van der Waals surface area (Å²) in [5, 5.41) is 18.3. The highest BCUT2D eigenvalue weighted by molar-refractivity contribution is 14.1. The van der Waals surface area contributed by atoms with Gasteiger partial charge in [-0.3, -0.25) is 19.8 Å². The van der Waals surface area contributed by atoms with Crippen molar-refractivity contribution in [3.05, 3.63) is 30.6 Å². The zero-order chi connectivity index (χ0) is 17.0. The highest BCUT2D eigenvalue weighted by Gasteiger charge is 2.45. The van der Waals surface area contributed by atoms with Gasteiger partial charge in [0.05, 0.1) is 10.2 Å². The zero-order valence-corrected chi connectivity index (χ0v) is 13.9. The van der Waals surface area contributed by atoms with Crippen LogP contribution in [-0.2, 0) is 4.74 Å². The maximum atomic E-state index is 13.8. The molecule has 0 amide bonds. The molecule has 1 aliphatic heterocycles. The van der Waals surface area contributed by atoms with Crippen LogP contribution < -0.4 is 16.8 Å². The number of aliphatic hydroxyl groups excluding tert-OH is 2. The van der Waals surface area contributed by atoms with Crippen molar-refractivity contribution in [2.45, 2.75) is 24.6 Å². The van der Waals surface area contributed by atoms with Gasteiger partial charge in [0.2, 0.25) is 8.53 Å². The van der Waals surface area contributed by atoms with Crippen LogP contribution in [0, 0.1) is 3.57 Å². The summed E-state index contributed by atoms with van der Waals surface area (Å²) in [6, 6.07) is 0. The van der Waals surface area contributed by atoms with Crippen molar-refractivity contribution in [2.75, 3.05) is 6.61 Å². The van der Waals surface area contributed by atoms with Crippen molar-refractivity contribution in [1.82, 2.24) is 9.55 Å². The second-order valence-electron chi connectivity index (χ2n) is 4.15. The Labute approximate surface area is 137 Å². The van der Waals surface area contributed by atoms with Crippen molar-refractivity contribution >= 4 is 31.1 Å². The van der Waals surface area contributed by atoms with Crippen LogP contribution in [-0.4, -0.2) is 54.5 Å². The first-order valence-electron chi connectivity index (χ1n) is 5.71. The van der Waals surface area contributed by atoms with Crippen LogP contribution in [0.2, 0.25) is 0 Å². The summed E-state index contributed by atoms with van der Waals surface area (Å²) < 4.78 is 19.9. The van der Waals surface area contributed by atoms with Crippen LogP contribution in [0.4, 0.5) is 4.39 Å². The van der Waals surface area contributed by atoms with Gasteiger partial charge >= 0.3 is 5.69 Å². The number of aromatic amines is 1. The number of nitrogens with zero attached hydrogens (tertiary/aromatic N) is 1. The van der Waals surface area contributed by atoms with Gasteiger partial charge < -0.3 is 24.7 Å². The Morgan fingerprint density at radius 2 is 2.05 bits per heavy atom. The lowest BCUT2D eigenvalue weighted by molar-refractivity contribution is -0.0492. The minimum atomic E-state index is -2.12. The first kappa shape index (κ1) is 19.6. The molecule has 7 N–H and O–H groups in total. The second-order valence-corrected chi connectivity index (χ2v) is 5.95. The molecular weight excluding hydrogens is 439 g/mol. The molecule has 0 saturated carbocycles. The molecule has 0 aromatic carbocycles. The molecule has 1 aliphatic rings. The molecule has 126 valence electrons. The number of aromatic nitrogens is 2. The molecule has 10 nitrogen and oxygen atoms in total. The quantitative estimate of drug-likeness (QED) is 0.218. The van der Waals surface area contributed by atoms with Crippen molar-refractivity contribution in [3.8, 4) is 0 Å². The van der Waals surface area contributed by atoms with E-state index < -0.39 is 51.0 Å². The number of nitrogens with one attached hydrogen (secondary N) is 1. The van der Waals surface area contributed by atoms with Crippen LogP contribution in [0.15, 0.2) is 15.8 Å². The van der Waals surface area contributed by atoms with E-state index in [1.165, 1.54) is 0 Å². The van der Waals surface area contributed by atoms with Gasteiger partial charge in [0.1, 0.15) is 12.2 Å². The molecule has 4 atom stereocenters. The number of H-pyrrole nitrogens is 1. The number of hydrogen-bond donors (Lipinski definition) is 6. The normalized spacial score (nSPS) is 27.6. The van der Waals surface area contributed by atoms with Crippen LogP contribution in [0.25, 0.3) is 0 Å². The lowest BCUT2D eigenvalue weighted by Crippen LogP contribution is -2.37. The first-order valence-corrected chi connectivity index (χ1v) is 8.10. The molecule has 1 fully saturated rings. The first-order chi connectivity index (χ1) is 10.2.